The van der Waals surface area contributed by atoms with E-state index in [2.05, 4.69) is 0 Å². The molecule has 0 aromatic heterocycles. The number of aliphatic carboxylic acids is 1. The summed E-state index contributed by atoms with van der Waals surface area (Å²) in [5.41, 5.74) is -1.42. The summed E-state index contributed by atoms with van der Waals surface area (Å²) in [4.78, 5) is 25.3. The van der Waals surface area contributed by atoms with Crippen LogP contribution in [0.15, 0.2) is 18.2 Å². The number of carbonyl (C=O) groups is 2. The highest BCUT2D eigenvalue weighted by Gasteiger charge is 2.40. The van der Waals surface area contributed by atoms with Crippen molar-refractivity contribution in [2.24, 2.45) is 0 Å². The predicted octanol–water partition coefficient (Wildman–Crippen LogP) is 2.18. The summed E-state index contributed by atoms with van der Waals surface area (Å²) >= 11 is 5.98. The summed E-state index contributed by atoms with van der Waals surface area (Å²) < 4.78 is 5.64. The van der Waals surface area contributed by atoms with Crippen molar-refractivity contribution in [3.63, 3.8) is 0 Å². The van der Waals surface area contributed by atoms with Crippen molar-refractivity contribution >= 4 is 23.5 Å². The van der Waals surface area contributed by atoms with Gasteiger partial charge in [-0.05, 0) is 32.0 Å². The van der Waals surface area contributed by atoms with E-state index in [1.54, 1.807) is 18.2 Å². The molecular formula is C16H20ClNO5. The second kappa shape index (κ2) is 6.76. The van der Waals surface area contributed by atoms with Gasteiger partial charge in [-0.25, -0.2) is 4.79 Å². The zero-order valence-corrected chi connectivity index (χ0v) is 13.8. The molecule has 1 aliphatic heterocycles. The summed E-state index contributed by atoms with van der Waals surface area (Å²) in [6, 6.07) is 4.84. The number of hydrogen-bond donors (Lipinski definition) is 2. The normalized spacial score (nSPS) is 17.2. The monoisotopic (exact) mass is 341 g/mol. The standard InChI is InChI=1S/C16H20ClNO5/c1-10(2)23-13-4-3-11(17)9-12(13)14(19)18-7-5-16(22,6-8-18)15(20)21/h3-4,9-10,22H,5-8H2,1-2H3,(H,20,21). The first-order chi connectivity index (χ1) is 10.7. The van der Waals surface area contributed by atoms with Crippen LogP contribution in [0, 0.1) is 0 Å². The Morgan fingerprint density at radius 3 is 2.43 bits per heavy atom. The Bertz CT molecular complexity index is 608. The van der Waals surface area contributed by atoms with Crippen molar-refractivity contribution in [2.45, 2.75) is 38.4 Å². The number of ether oxygens (including phenoxy) is 1. The number of carbonyl (C=O) groups excluding carboxylic acids is 1. The van der Waals surface area contributed by atoms with Gasteiger partial charge in [0.1, 0.15) is 5.75 Å². The number of benzene rings is 1. The number of hydrogen-bond acceptors (Lipinski definition) is 4. The SMILES string of the molecule is CC(C)Oc1ccc(Cl)cc1C(=O)N1CCC(O)(C(=O)O)CC1. The third-order valence-corrected chi connectivity index (χ3v) is 4.05. The van der Waals surface area contributed by atoms with Crippen LogP contribution in [0.2, 0.25) is 5.02 Å². The van der Waals surface area contributed by atoms with Gasteiger partial charge in [-0.15, -0.1) is 0 Å². The van der Waals surface area contributed by atoms with E-state index in [9.17, 15) is 14.7 Å². The van der Waals surface area contributed by atoms with E-state index in [-0.39, 0.29) is 37.9 Å². The van der Waals surface area contributed by atoms with Gasteiger partial charge < -0.3 is 19.8 Å². The molecule has 1 aromatic carbocycles. The quantitative estimate of drug-likeness (QED) is 0.876. The van der Waals surface area contributed by atoms with Crippen molar-refractivity contribution in [1.29, 1.82) is 0 Å². The van der Waals surface area contributed by atoms with Gasteiger partial charge in [0.2, 0.25) is 0 Å². The largest absolute Gasteiger partial charge is 0.490 e. The number of piperidine rings is 1. The number of aliphatic hydroxyl groups is 1. The van der Waals surface area contributed by atoms with Gasteiger partial charge in [0.15, 0.2) is 5.60 Å². The molecule has 2 N–H and O–H groups in total. The van der Waals surface area contributed by atoms with E-state index in [1.165, 1.54) is 4.90 Å². The summed E-state index contributed by atoms with van der Waals surface area (Å²) in [5, 5.41) is 19.4. The van der Waals surface area contributed by atoms with Gasteiger partial charge in [0.05, 0.1) is 11.7 Å². The van der Waals surface area contributed by atoms with E-state index in [4.69, 9.17) is 21.4 Å². The minimum absolute atomic E-state index is 0.00495. The average Bonchev–Trinajstić information content (AvgIpc) is 2.48. The lowest BCUT2D eigenvalue weighted by Crippen LogP contribution is -2.50. The molecular weight excluding hydrogens is 322 g/mol. The number of likely N-dealkylation sites (tertiary alicyclic amines) is 1. The fraction of sp³-hybridized carbons (Fsp3) is 0.500. The van der Waals surface area contributed by atoms with E-state index >= 15 is 0 Å². The number of carboxylic acid groups (broad SMARTS) is 1. The van der Waals surface area contributed by atoms with Crippen molar-refractivity contribution in [2.75, 3.05) is 13.1 Å². The third kappa shape index (κ3) is 3.95. The number of carboxylic acids is 1. The first kappa shape index (κ1) is 17.6. The molecule has 1 aromatic rings. The van der Waals surface area contributed by atoms with Crippen LogP contribution in [0.1, 0.15) is 37.0 Å². The zero-order valence-electron chi connectivity index (χ0n) is 13.1. The average molecular weight is 342 g/mol. The number of rotatable bonds is 4. The first-order valence-electron chi connectivity index (χ1n) is 7.44. The Labute approximate surface area is 139 Å². The fourth-order valence-corrected chi connectivity index (χ4v) is 2.66. The molecule has 6 nitrogen and oxygen atoms in total. The highest BCUT2D eigenvalue weighted by molar-refractivity contribution is 6.31. The molecule has 0 bridgehead atoms. The van der Waals surface area contributed by atoms with Gasteiger partial charge in [0, 0.05) is 31.0 Å². The molecule has 2 rings (SSSR count). The molecule has 1 heterocycles. The summed E-state index contributed by atoms with van der Waals surface area (Å²) in [6.07, 6.45) is -0.106. The van der Waals surface area contributed by atoms with Crippen LogP contribution in [-0.2, 0) is 4.79 Å². The van der Waals surface area contributed by atoms with E-state index in [1.807, 2.05) is 13.8 Å². The molecule has 23 heavy (non-hydrogen) atoms. The molecule has 0 atom stereocenters. The van der Waals surface area contributed by atoms with Gasteiger partial charge in [0.25, 0.3) is 5.91 Å². The van der Waals surface area contributed by atoms with Gasteiger partial charge in [-0.3, -0.25) is 4.79 Å². The van der Waals surface area contributed by atoms with Crippen LogP contribution < -0.4 is 4.74 Å². The molecule has 1 amide bonds. The fourth-order valence-electron chi connectivity index (χ4n) is 2.49. The Morgan fingerprint density at radius 2 is 1.91 bits per heavy atom. The molecule has 1 saturated heterocycles. The number of halogens is 1. The number of amides is 1. The van der Waals surface area contributed by atoms with Crippen LogP contribution in [0.5, 0.6) is 5.75 Å². The zero-order chi connectivity index (χ0) is 17.2. The van der Waals surface area contributed by atoms with Crippen LogP contribution in [-0.4, -0.2) is 51.8 Å². The minimum Gasteiger partial charge on any atom is -0.490 e. The van der Waals surface area contributed by atoms with E-state index in [0.29, 0.717) is 16.3 Å². The maximum absolute atomic E-state index is 12.7. The van der Waals surface area contributed by atoms with Crippen LogP contribution in [0.4, 0.5) is 0 Å². The Kier molecular flexibility index (Phi) is 5.16. The molecule has 7 heteroatoms. The van der Waals surface area contributed by atoms with Crippen LogP contribution >= 0.6 is 11.6 Å². The Balaban J connectivity index is 2.18. The van der Waals surface area contributed by atoms with Gasteiger partial charge >= 0.3 is 5.97 Å². The summed E-state index contributed by atoms with van der Waals surface area (Å²) in [7, 11) is 0. The van der Waals surface area contributed by atoms with Crippen molar-refractivity contribution < 1.29 is 24.5 Å². The minimum atomic E-state index is -1.76. The second-order valence-electron chi connectivity index (χ2n) is 5.94. The highest BCUT2D eigenvalue weighted by atomic mass is 35.5. The third-order valence-electron chi connectivity index (χ3n) is 3.81. The Hall–Kier alpha value is -1.79. The lowest BCUT2D eigenvalue weighted by Gasteiger charge is -2.35. The van der Waals surface area contributed by atoms with E-state index < -0.39 is 11.6 Å². The smallest absolute Gasteiger partial charge is 0.335 e. The predicted molar refractivity (Wildman–Crippen MR) is 84.9 cm³/mol. The maximum Gasteiger partial charge on any atom is 0.335 e. The molecule has 126 valence electrons. The maximum atomic E-state index is 12.7. The van der Waals surface area contributed by atoms with Crippen LogP contribution in [0.25, 0.3) is 0 Å². The highest BCUT2D eigenvalue weighted by Crippen LogP contribution is 2.28. The van der Waals surface area contributed by atoms with Gasteiger partial charge in [-0.2, -0.15) is 0 Å². The molecule has 0 unspecified atom stereocenters. The van der Waals surface area contributed by atoms with E-state index in [0.717, 1.165) is 0 Å². The molecule has 0 radical (unpaired) electrons. The Morgan fingerprint density at radius 1 is 1.30 bits per heavy atom. The topological polar surface area (TPSA) is 87.1 Å². The summed E-state index contributed by atoms with van der Waals surface area (Å²) in [6.45, 7) is 4.04. The lowest BCUT2D eigenvalue weighted by molar-refractivity contribution is -0.162. The van der Waals surface area contributed by atoms with Crippen molar-refractivity contribution in [3.8, 4) is 5.75 Å². The van der Waals surface area contributed by atoms with Crippen molar-refractivity contribution in [3.05, 3.63) is 28.8 Å². The van der Waals surface area contributed by atoms with Gasteiger partial charge in [-0.1, -0.05) is 11.6 Å². The second-order valence-corrected chi connectivity index (χ2v) is 6.37. The van der Waals surface area contributed by atoms with Crippen LogP contribution in [0.3, 0.4) is 0 Å². The number of nitrogens with zero attached hydrogens (tertiary/aromatic N) is 1. The lowest BCUT2D eigenvalue weighted by atomic mass is 9.91. The van der Waals surface area contributed by atoms with Crippen molar-refractivity contribution in [1.82, 2.24) is 4.90 Å². The first-order valence-corrected chi connectivity index (χ1v) is 7.82. The summed E-state index contributed by atoms with van der Waals surface area (Å²) in [5.74, 6) is -1.10. The molecule has 0 saturated carbocycles. The molecule has 0 spiro atoms. The molecule has 1 aliphatic rings. The molecule has 1 fully saturated rings. The molecule has 0 aliphatic carbocycles.